The molecule has 2 aromatic carbocycles. The monoisotopic (exact) mass is 282 g/mol. The molecule has 0 fully saturated rings. The van der Waals surface area contributed by atoms with Crippen LogP contribution in [0.3, 0.4) is 0 Å². The van der Waals surface area contributed by atoms with Crippen molar-refractivity contribution in [3.63, 3.8) is 0 Å². The first-order valence-electron chi connectivity index (χ1n) is 7.32. The molecule has 0 spiro atoms. The summed E-state index contributed by atoms with van der Waals surface area (Å²) in [5.41, 5.74) is 7.79. The first-order valence-corrected chi connectivity index (χ1v) is 7.32. The van der Waals surface area contributed by atoms with Gasteiger partial charge in [-0.15, -0.1) is 0 Å². The first-order chi connectivity index (χ1) is 10.3. The highest BCUT2D eigenvalue weighted by atomic mass is 16.5. The van der Waals surface area contributed by atoms with Gasteiger partial charge in [0.15, 0.2) is 0 Å². The quantitative estimate of drug-likeness (QED) is 0.669. The second-order valence-corrected chi connectivity index (χ2v) is 5.53. The number of benzene rings is 2. The van der Waals surface area contributed by atoms with Crippen molar-refractivity contribution in [3.8, 4) is 11.5 Å². The van der Waals surface area contributed by atoms with Gasteiger partial charge in [-0.3, -0.25) is 5.84 Å². The highest BCUT2D eigenvalue weighted by molar-refractivity contribution is 5.46. The van der Waals surface area contributed by atoms with Crippen molar-refractivity contribution < 1.29 is 9.47 Å². The molecule has 0 aromatic heterocycles. The third-order valence-electron chi connectivity index (χ3n) is 4.26. The van der Waals surface area contributed by atoms with Crippen molar-refractivity contribution in [1.82, 2.24) is 5.43 Å². The van der Waals surface area contributed by atoms with E-state index in [2.05, 4.69) is 29.7 Å². The molecule has 2 aromatic rings. The summed E-state index contributed by atoms with van der Waals surface area (Å²) in [4.78, 5) is 0. The molecule has 0 saturated carbocycles. The zero-order valence-corrected chi connectivity index (χ0v) is 11.8. The molecule has 0 unspecified atom stereocenters. The van der Waals surface area contributed by atoms with E-state index >= 15 is 0 Å². The Morgan fingerprint density at radius 3 is 1.86 bits per heavy atom. The van der Waals surface area contributed by atoms with E-state index in [0.29, 0.717) is 0 Å². The van der Waals surface area contributed by atoms with Gasteiger partial charge in [-0.1, -0.05) is 24.3 Å². The molecule has 0 atom stereocenters. The highest BCUT2D eigenvalue weighted by Crippen LogP contribution is 2.33. The Morgan fingerprint density at radius 2 is 1.38 bits per heavy atom. The zero-order chi connectivity index (χ0) is 14.2. The van der Waals surface area contributed by atoms with Crippen LogP contribution < -0.4 is 20.7 Å². The number of hydrogen-bond acceptors (Lipinski definition) is 4. The van der Waals surface area contributed by atoms with Crippen molar-refractivity contribution in [2.45, 2.75) is 18.9 Å². The topological polar surface area (TPSA) is 56.5 Å². The van der Waals surface area contributed by atoms with E-state index in [4.69, 9.17) is 15.3 Å². The maximum atomic E-state index is 5.81. The predicted molar refractivity (Wildman–Crippen MR) is 80.4 cm³/mol. The van der Waals surface area contributed by atoms with E-state index in [0.717, 1.165) is 37.6 Å². The third kappa shape index (κ3) is 2.17. The predicted octanol–water partition coefficient (Wildman–Crippen LogP) is 2.11. The van der Waals surface area contributed by atoms with Crippen LogP contribution in [0, 0.1) is 0 Å². The van der Waals surface area contributed by atoms with Crippen molar-refractivity contribution in [1.29, 1.82) is 0 Å². The lowest BCUT2D eigenvalue weighted by Crippen LogP contribution is -2.28. The van der Waals surface area contributed by atoms with Crippen LogP contribution in [0.5, 0.6) is 11.5 Å². The molecule has 4 nitrogen and oxygen atoms in total. The van der Waals surface area contributed by atoms with E-state index in [1.54, 1.807) is 0 Å². The molecule has 21 heavy (non-hydrogen) atoms. The number of ether oxygens (including phenoxy) is 2. The SMILES string of the molecule is NNC(c1ccc2c(c1)CCO2)c1ccc2c(c1)CCO2. The number of hydrazine groups is 1. The van der Waals surface area contributed by atoms with Gasteiger partial charge in [0.05, 0.1) is 19.3 Å². The third-order valence-corrected chi connectivity index (χ3v) is 4.26. The van der Waals surface area contributed by atoms with Gasteiger partial charge in [-0.05, 0) is 34.4 Å². The normalized spacial score (nSPS) is 15.5. The summed E-state index contributed by atoms with van der Waals surface area (Å²) in [6.07, 6.45) is 1.94. The fraction of sp³-hybridized carbons (Fsp3) is 0.294. The Morgan fingerprint density at radius 1 is 0.857 bits per heavy atom. The molecule has 0 saturated heterocycles. The van der Waals surface area contributed by atoms with Gasteiger partial charge >= 0.3 is 0 Å². The molecular weight excluding hydrogens is 264 g/mol. The van der Waals surface area contributed by atoms with E-state index in [1.807, 2.05) is 12.1 Å². The molecule has 0 radical (unpaired) electrons. The van der Waals surface area contributed by atoms with Crippen LogP contribution >= 0.6 is 0 Å². The van der Waals surface area contributed by atoms with E-state index in [1.165, 1.54) is 22.3 Å². The minimum atomic E-state index is -0.0122. The molecule has 4 heteroatoms. The summed E-state index contributed by atoms with van der Waals surface area (Å²) in [7, 11) is 0. The molecule has 3 N–H and O–H groups in total. The molecule has 0 aliphatic carbocycles. The van der Waals surface area contributed by atoms with E-state index < -0.39 is 0 Å². The molecular formula is C17H18N2O2. The van der Waals surface area contributed by atoms with Crippen LogP contribution in [0.25, 0.3) is 0 Å². The highest BCUT2D eigenvalue weighted by Gasteiger charge is 2.20. The van der Waals surface area contributed by atoms with Gasteiger partial charge in [0.1, 0.15) is 11.5 Å². The maximum Gasteiger partial charge on any atom is 0.122 e. The number of nitrogens with two attached hydrogens (primary N) is 1. The van der Waals surface area contributed by atoms with E-state index in [-0.39, 0.29) is 6.04 Å². The number of nitrogens with one attached hydrogen (secondary N) is 1. The van der Waals surface area contributed by atoms with Crippen LogP contribution in [-0.4, -0.2) is 13.2 Å². The average molecular weight is 282 g/mol. The fourth-order valence-corrected chi connectivity index (χ4v) is 3.16. The summed E-state index contributed by atoms with van der Waals surface area (Å²) >= 11 is 0. The summed E-state index contributed by atoms with van der Waals surface area (Å²) in [5, 5.41) is 0. The maximum absolute atomic E-state index is 5.81. The molecule has 4 rings (SSSR count). The Kier molecular flexibility index (Phi) is 3.05. The number of rotatable bonds is 3. The van der Waals surface area contributed by atoms with Crippen molar-refractivity contribution in [3.05, 3.63) is 58.7 Å². The van der Waals surface area contributed by atoms with Crippen LogP contribution in [0.2, 0.25) is 0 Å². The standard InChI is InChI=1S/C17H18N2O2/c18-19-17(13-1-3-15-11(9-13)5-7-20-15)14-2-4-16-12(10-14)6-8-21-16/h1-4,9-10,17,19H,5-8,18H2. The van der Waals surface area contributed by atoms with Crippen molar-refractivity contribution in [2.75, 3.05) is 13.2 Å². The van der Waals surface area contributed by atoms with Crippen LogP contribution in [0.15, 0.2) is 36.4 Å². The van der Waals surface area contributed by atoms with Crippen LogP contribution in [0.1, 0.15) is 28.3 Å². The smallest absolute Gasteiger partial charge is 0.122 e. The van der Waals surface area contributed by atoms with Crippen molar-refractivity contribution >= 4 is 0 Å². The fourth-order valence-electron chi connectivity index (χ4n) is 3.16. The Bertz CT molecular complexity index is 627. The lowest BCUT2D eigenvalue weighted by molar-refractivity contribution is 0.356. The summed E-state index contributed by atoms with van der Waals surface area (Å²) in [5.74, 6) is 7.81. The molecule has 0 bridgehead atoms. The largest absolute Gasteiger partial charge is 0.493 e. The minimum Gasteiger partial charge on any atom is -0.493 e. The lowest BCUT2D eigenvalue weighted by atomic mass is 9.95. The summed E-state index contributed by atoms with van der Waals surface area (Å²) in [6.45, 7) is 1.55. The first kappa shape index (κ1) is 12.7. The van der Waals surface area contributed by atoms with Gasteiger partial charge in [0, 0.05) is 12.8 Å². The van der Waals surface area contributed by atoms with Crippen molar-refractivity contribution in [2.24, 2.45) is 5.84 Å². The van der Waals surface area contributed by atoms with Gasteiger partial charge in [-0.2, -0.15) is 0 Å². The second-order valence-electron chi connectivity index (χ2n) is 5.53. The summed E-state index contributed by atoms with van der Waals surface area (Å²) < 4.78 is 11.1. The Balaban J connectivity index is 1.71. The molecule has 0 amide bonds. The van der Waals surface area contributed by atoms with Gasteiger partial charge in [0.25, 0.3) is 0 Å². The van der Waals surface area contributed by atoms with E-state index in [9.17, 15) is 0 Å². The molecule has 2 aliphatic heterocycles. The second kappa shape index (κ2) is 5.06. The Hall–Kier alpha value is -2.04. The lowest BCUT2D eigenvalue weighted by Gasteiger charge is -2.18. The molecule has 2 aliphatic rings. The van der Waals surface area contributed by atoms with Gasteiger partial charge < -0.3 is 9.47 Å². The molecule has 108 valence electrons. The Labute approximate surface area is 123 Å². The van der Waals surface area contributed by atoms with Gasteiger partial charge in [-0.25, -0.2) is 5.43 Å². The zero-order valence-electron chi connectivity index (χ0n) is 11.8. The van der Waals surface area contributed by atoms with Crippen LogP contribution in [-0.2, 0) is 12.8 Å². The number of fused-ring (bicyclic) bond motifs is 2. The average Bonchev–Trinajstić information content (AvgIpc) is 3.15. The summed E-state index contributed by atoms with van der Waals surface area (Å²) in [6, 6.07) is 12.6. The minimum absolute atomic E-state index is 0.0122. The van der Waals surface area contributed by atoms with Crippen LogP contribution in [0.4, 0.5) is 0 Å². The molecule has 2 heterocycles. The number of hydrogen-bond donors (Lipinski definition) is 2. The van der Waals surface area contributed by atoms with Gasteiger partial charge in [0.2, 0.25) is 0 Å².